The van der Waals surface area contributed by atoms with Crippen LogP contribution in [0.3, 0.4) is 0 Å². The van der Waals surface area contributed by atoms with Gasteiger partial charge in [-0.25, -0.2) is 4.79 Å². The molecule has 4 aliphatic rings. The van der Waals surface area contributed by atoms with Crippen molar-refractivity contribution in [2.45, 2.75) is 82.1 Å². The first-order valence-electron chi connectivity index (χ1n) is 10.6. The predicted molar refractivity (Wildman–Crippen MR) is 102 cm³/mol. The molecule has 0 radical (unpaired) electrons. The van der Waals surface area contributed by atoms with Gasteiger partial charge >= 0.3 is 5.97 Å². The third-order valence-corrected chi connectivity index (χ3v) is 7.97. The van der Waals surface area contributed by atoms with Gasteiger partial charge in [0.2, 0.25) is 0 Å². The van der Waals surface area contributed by atoms with Crippen LogP contribution in [-0.4, -0.2) is 87.1 Å². The summed E-state index contributed by atoms with van der Waals surface area (Å²) in [4.78, 5) is 12.1. The van der Waals surface area contributed by atoms with Crippen LogP contribution in [-0.2, 0) is 19.0 Å². The van der Waals surface area contributed by atoms with Crippen LogP contribution in [0.2, 0.25) is 0 Å². The Bertz CT molecular complexity index is 696. The Balaban J connectivity index is 1.60. The highest BCUT2D eigenvalue weighted by atomic mass is 16.7. The van der Waals surface area contributed by atoms with Gasteiger partial charge in [0.1, 0.15) is 30.5 Å². The third kappa shape index (κ3) is 3.23. The Morgan fingerprint density at radius 1 is 1.20 bits per heavy atom. The van der Waals surface area contributed by atoms with E-state index in [1.807, 2.05) is 13.8 Å². The van der Waals surface area contributed by atoms with Crippen molar-refractivity contribution in [2.24, 2.45) is 23.2 Å². The Morgan fingerprint density at radius 3 is 2.57 bits per heavy atom. The summed E-state index contributed by atoms with van der Waals surface area (Å²) in [6.07, 6.45) is -6.84. The van der Waals surface area contributed by atoms with Crippen molar-refractivity contribution in [3.63, 3.8) is 0 Å². The van der Waals surface area contributed by atoms with Crippen LogP contribution in [0.15, 0.2) is 12.2 Å². The first-order chi connectivity index (χ1) is 14.1. The van der Waals surface area contributed by atoms with Gasteiger partial charge < -0.3 is 39.7 Å². The zero-order valence-electron chi connectivity index (χ0n) is 17.3. The number of carbonyl (C=O) groups excluding carboxylic acids is 1. The van der Waals surface area contributed by atoms with Gasteiger partial charge in [-0.3, -0.25) is 0 Å². The van der Waals surface area contributed by atoms with E-state index in [-0.39, 0.29) is 24.2 Å². The van der Waals surface area contributed by atoms with E-state index in [1.165, 1.54) is 0 Å². The molecule has 12 unspecified atom stereocenters. The van der Waals surface area contributed by atoms with E-state index < -0.39 is 67.0 Å². The van der Waals surface area contributed by atoms with Gasteiger partial charge in [-0.15, -0.1) is 0 Å². The Hall–Kier alpha value is -1.07. The molecule has 12 atom stereocenters. The van der Waals surface area contributed by atoms with Gasteiger partial charge in [0.05, 0.1) is 18.8 Å². The van der Waals surface area contributed by atoms with Crippen molar-refractivity contribution in [3.05, 3.63) is 12.2 Å². The molecule has 2 aliphatic carbocycles. The van der Waals surface area contributed by atoms with Crippen LogP contribution >= 0.6 is 0 Å². The minimum atomic E-state index is -1.54. The van der Waals surface area contributed by atoms with E-state index in [9.17, 15) is 30.3 Å². The second kappa shape index (κ2) is 7.81. The van der Waals surface area contributed by atoms with Gasteiger partial charge in [-0.2, -0.15) is 0 Å². The standard InChI is InChI=1S/C21H32O9/c1-8-10-4-5-21(3)13(6-11(23)9(2)14(21)18(10)30-19(8)27)29-20-17(26)16(25)15(24)12(7-22)28-20/h9-18,20,22-26H,1,4-7H2,2-3H3. The molecule has 5 N–H and O–H groups in total. The molecule has 0 amide bonds. The van der Waals surface area contributed by atoms with Gasteiger partial charge in [0.25, 0.3) is 0 Å². The number of aliphatic hydroxyl groups is 5. The monoisotopic (exact) mass is 428 g/mol. The van der Waals surface area contributed by atoms with Crippen molar-refractivity contribution in [1.82, 2.24) is 0 Å². The lowest BCUT2D eigenvalue weighted by molar-refractivity contribution is -0.332. The molecule has 4 fully saturated rings. The molecule has 2 saturated heterocycles. The second-order valence-corrected chi connectivity index (χ2v) is 9.56. The molecular weight excluding hydrogens is 396 g/mol. The highest BCUT2D eigenvalue weighted by molar-refractivity contribution is 5.90. The van der Waals surface area contributed by atoms with Gasteiger partial charge in [0.15, 0.2) is 6.29 Å². The number of hydrogen-bond acceptors (Lipinski definition) is 9. The number of esters is 1. The fourth-order valence-corrected chi connectivity index (χ4v) is 6.07. The average Bonchev–Trinajstić information content (AvgIpc) is 2.99. The fourth-order valence-electron chi connectivity index (χ4n) is 6.07. The van der Waals surface area contributed by atoms with Crippen LogP contribution < -0.4 is 0 Å². The number of rotatable bonds is 3. The van der Waals surface area contributed by atoms with E-state index in [1.54, 1.807) is 0 Å². The largest absolute Gasteiger partial charge is 0.458 e. The smallest absolute Gasteiger partial charge is 0.334 e. The minimum Gasteiger partial charge on any atom is -0.458 e. The lowest BCUT2D eigenvalue weighted by Crippen LogP contribution is -2.63. The molecule has 0 spiro atoms. The second-order valence-electron chi connectivity index (χ2n) is 9.56. The van der Waals surface area contributed by atoms with Gasteiger partial charge in [-0.1, -0.05) is 20.4 Å². The number of hydrogen-bond donors (Lipinski definition) is 5. The lowest BCUT2D eigenvalue weighted by atomic mass is 9.52. The predicted octanol–water partition coefficient (Wildman–Crippen LogP) is -0.914. The van der Waals surface area contributed by atoms with E-state index in [0.29, 0.717) is 18.4 Å². The summed E-state index contributed by atoms with van der Waals surface area (Å²) in [7, 11) is 0. The maximum absolute atomic E-state index is 12.1. The zero-order valence-corrected chi connectivity index (χ0v) is 17.3. The van der Waals surface area contributed by atoms with Crippen molar-refractivity contribution >= 4 is 5.97 Å². The summed E-state index contributed by atoms with van der Waals surface area (Å²) < 4.78 is 17.3. The molecule has 30 heavy (non-hydrogen) atoms. The Labute approximate surface area is 175 Å². The molecule has 0 bridgehead atoms. The first-order valence-corrected chi connectivity index (χ1v) is 10.6. The highest BCUT2D eigenvalue weighted by Crippen LogP contribution is 2.58. The lowest BCUT2D eigenvalue weighted by Gasteiger charge is -2.57. The van der Waals surface area contributed by atoms with Crippen LogP contribution in [0.25, 0.3) is 0 Å². The fraction of sp³-hybridized carbons (Fsp3) is 0.857. The normalized spacial score (nSPS) is 53.8. The summed E-state index contributed by atoms with van der Waals surface area (Å²) in [6, 6.07) is 0. The molecule has 0 aromatic rings. The number of fused-ring (bicyclic) bond motifs is 3. The molecule has 9 nitrogen and oxygen atoms in total. The molecule has 4 rings (SSSR count). The molecule has 2 aliphatic heterocycles. The van der Waals surface area contributed by atoms with Gasteiger partial charge in [0, 0.05) is 29.2 Å². The van der Waals surface area contributed by atoms with Crippen LogP contribution in [0.5, 0.6) is 0 Å². The van der Waals surface area contributed by atoms with Crippen molar-refractivity contribution in [2.75, 3.05) is 6.61 Å². The summed E-state index contributed by atoms with van der Waals surface area (Å²) >= 11 is 0. The Kier molecular flexibility index (Phi) is 5.76. The van der Waals surface area contributed by atoms with Crippen LogP contribution in [0.1, 0.15) is 33.1 Å². The highest BCUT2D eigenvalue weighted by Gasteiger charge is 2.62. The quantitative estimate of drug-likeness (QED) is 0.285. The number of aliphatic hydroxyl groups excluding tert-OH is 5. The summed E-state index contributed by atoms with van der Waals surface area (Å²) in [6.45, 7) is 7.31. The summed E-state index contributed by atoms with van der Waals surface area (Å²) in [5.41, 5.74) is -0.00973. The van der Waals surface area contributed by atoms with Crippen LogP contribution in [0.4, 0.5) is 0 Å². The van der Waals surface area contributed by atoms with Crippen molar-refractivity contribution < 1.29 is 44.5 Å². The van der Waals surface area contributed by atoms with Crippen molar-refractivity contribution in [1.29, 1.82) is 0 Å². The molecule has 2 heterocycles. The molecule has 170 valence electrons. The zero-order chi connectivity index (χ0) is 22.0. The summed E-state index contributed by atoms with van der Waals surface area (Å²) in [5.74, 6) is -0.807. The number of ether oxygens (including phenoxy) is 3. The van der Waals surface area contributed by atoms with E-state index in [2.05, 4.69) is 6.58 Å². The topological polar surface area (TPSA) is 146 Å². The van der Waals surface area contributed by atoms with Crippen molar-refractivity contribution in [3.8, 4) is 0 Å². The van der Waals surface area contributed by atoms with Crippen LogP contribution in [0, 0.1) is 23.2 Å². The first kappa shape index (κ1) is 22.1. The average molecular weight is 428 g/mol. The molecule has 0 aromatic heterocycles. The minimum absolute atomic E-state index is 0.0868. The van der Waals surface area contributed by atoms with E-state index >= 15 is 0 Å². The number of carbonyl (C=O) groups is 1. The van der Waals surface area contributed by atoms with E-state index in [0.717, 1.165) is 0 Å². The summed E-state index contributed by atoms with van der Waals surface area (Å²) in [5, 5.41) is 50.7. The molecule has 0 aromatic carbocycles. The van der Waals surface area contributed by atoms with Gasteiger partial charge in [-0.05, 0) is 18.8 Å². The molecular formula is C21H32O9. The van der Waals surface area contributed by atoms with E-state index in [4.69, 9.17) is 14.2 Å². The molecule has 9 heteroatoms. The maximum atomic E-state index is 12.1. The third-order valence-electron chi connectivity index (χ3n) is 7.97. The Morgan fingerprint density at radius 2 is 1.90 bits per heavy atom. The molecule has 2 saturated carbocycles. The SMILES string of the molecule is C=C1C(=O)OC2C1CCC1(C)C(OC3OC(CO)C(O)C(O)C3O)CC(O)C(C)C21. The maximum Gasteiger partial charge on any atom is 0.334 e.